The molecule has 0 spiro atoms. The van der Waals surface area contributed by atoms with Crippen LogP contribution in [-0.4, -0.2) is 23.4 Å². The predicted octanol–water partition coefficient (Wildman–Crippen LogP) is 3.94. The number of rotatable bonds is 8. The lowest BCUT2D eigenvalue weighted by molar-refractivity contribution is -0.384. The van der Waals surface area contributed by atoms with E-state index in [1.807, 2.05) is 0 Å². The van der Waals surface area contributed by atoms with Gasteiger partial charge in [0.15, 0.2) is 6.61 Å². The number of nitro benzene ring substituents is 1. The number of carbonyl (C=O) groups excluding carboxylic acids is 2. The molecule has 0 atom stereocenters. The number of unbranched alkanes of at least 4 members (excludes halogenated alkanes) is 1. The van der Waals surface area contributed by atoms with Crippen molar-refractivity contribution in [3.05, 3.63) is 33.9 Å². The van der Waals surface area contributed by atoms with E-state index in [4.69, 9.17) is 10.00 Å². The third-order valence-corrected chi connectivity index (χ3v) is 5.10. The molecule has 0 aliphatic heterocycles. The molecular weight excluding hydrogens is 362 g/mol. The second-order valence-electron chi connectivity index (χ2n) is 7.11. The molecule has 28 heavy (non-hydrogen) atoms. The Balaban J connectivity index is 1.81. The maximum atomic E-state index is 12.2. The predicted molar refractivity (Wildman–Crippen MR) is 102 cm³/mol. The molecule has 8 heteroatoms. The summed E-state index contributed by atoms with van der Waals surface area (Å²) in [5, 5.41) is 22.3. The van der Waals surface area contributed by atoms with Crippen molar-refractivity contribution in [2.75, 3.05) is 11.9 Å². The van der Waals surface area contributed by atoms with Gasteiger partial charge in [0.2, 0.25) is 0 Å². The standard InChI is InChI=1S/C20H25N3O5/c1-2-3-4-14-5-7-15(8-6-14)20(25)28-13-19(24)22-18-10-9-17(23(26)27)11-16(18)12-21/h9-11,14-15H,2-8,13H2,1H3,(H,22,24). The Bertz CT molecular complexity index is 764. The minimum absolute atomic E-state index is 0.0284. The van der Waals surface area contributed by atoms with Gasteiger partial charge in [-0.1, -0.05) is 26.2 Å². The van der Waals surface area contributed by atoms with Crippen molar-refractivity contribution in [1.29, 1.82) is 5.26 Å². The first-order valence-electron chi connectivity index (χ1n) is 9.59. The van der Waals surface area contributed by atoms with Crippen molar-refractivity contribution in [1.82, 2.24) is 0 Å². The largest absolute Gasteiger partial charge is 0.455 e. The van der Waals surface area contributed by atoms with E-state index in [1.54, 1.807) is 6.07 Å². The molecule has 0 radical (unpaired) electrons. The number of amides is 1. The number of anilines is 1. The summed E-state index contributed by atoms with van der Waals surface area (Å²) >= 11 is 0. The molecule has 0 saturated heterocycles. The molecule has 2 rings (SSSR count). The molecule has 150 valence electrons. The molecule has 1 aliphatic rings. The Morgan fingerprint density at radius 1 is 1.32 bits per heavy atom. The summed E-state index contributed by atoms with van der Waals surface area (Å²) in [6.45, 7) is 1.72. The Labute approximate surface area is 164 Å². The zero-order chi connectivity index (χ0) is 20.5. The van der Waals surface area contributed by atoms with E-state index in [9.17, 15) is 19.7 Å². The molecule has 1 aliphatic carbocycles. The number of carbonyl (C=O) groups is 2. The molecule has 1 fully saturated rings. The Morgan fingerprint density at radius 3 is 2.64 bits per heavy atom. The molecule has 0 heterocycles. The molecule has 1 saturated carbocycles. The van der Waals surface area contributed by atoms with Crippen LogP contribution in [0.2, 0.25) is 0 Å². The SMILES string of the molecule is CCCCC1CCC(C(=O)OCC(=O)Nc2ccc([N+](=O)[O-])cc2C#N)CC1. The average molecular weight is 387 g/mol. The van der Waals surface area contributed by atoms with Gasteiger partial charge in [0.1, 0.15) is 6.07 Å². The number of nitriles is 1. The lowest BCUT2D eigenvalue weighted by atomic mass is 9.80. The van der Waals surface area contributed by atoms with E-state index in [-0.39, 0.29) is 28.8 Å². The molecule has 0 unspecified atom stereocenters. The van der Waals surface area contributed by atoms with Crippen LogP contribution in [-0.2, 0) is 14.3 Å². The van der Waals surface area contributed by atoms with Gasteiger partial charge >= 0.3 is 5.97 Å². The molecule has 8 nitrogen and oxygen atoms in total. The minimum atomic E-state index is -0.620. The lowest BCUT2D eigenvalue weighted by Gasteiger charge is -2.27. The average Bonchev–Trinajstić information content (AvgIpc) is 2.71. The fourth-order valence-corrected chi connectivity index (χ4v) is 3.47. The number of non-ortho nitro benzene ring substituents is 1. The Morgan fingerprint density at radius 2 is 2.04 bits per heavy atom. The van der Waals surface area contributed by atoms with Gasteiger partial charge in [-0.15, -0.1) is 0 Å². The summed E-state index contributed by atoms with van der Waals surface area (Å²) in [7, 11) is 0. The van der Waals surface area contributed by atoms with Crippen LogP contribution in [0, 0.1) is 33.3 Å². The van der Waals surface area contributed by atoms with E-state index in [0.29, 0.717) is 5.92 Å². The normalized spacial score (nSPS) is 18.7. The highest BCUT2D eigenvalue weighted by Crippen LogP contribution is 2.32. The van der Waals surface area contributed by atoms with Gasteiger partial charge in [0.25, 0.3) is 11.6 Å². The van der Waals surface area contributed by atoms with Crippen LogP contribution in [0.1, 0.15) is 57.4 Å². The van der Waals surface area contributed by atoms with Crippen molar-refractivity contribution in [3.8, 4) is 6.07 Å². The number of hydrogen-bond donors (Lipinski definition) is 1. The third kappa shape index (κ3) is 6.05. The molecule has 1 N–H and O–H groups in total. The van der Waals surface area contributed by atoms with E-state index >= 15 is 0 Å². The van der Waals surface area contributed by atoms with Crippen LogP contribution in [0.4, 0.5) is 11.4 Å². The van der Waals surface area contributed by atoms with E-state index in [1.165, 1.54) is 31.4 Å². The molecule has 1 amide bonds. The number of nitro groups is 1. The van der Waals surface area contributed by atoms with Crippen molar-refractivity contribution >= 4 is 23.3 Å². The first-order valence-corrected chi connectivity index (χ1v) is 9.59. The molecule has 1 aromatic carbocycles. The van der Waals surface area contributed by atoms with Crippen LogP contribution < -0.4 is 5.32 Å². The maximum absolute atomic E-state index is 12.2. The number of hydrogen-bond acceptors (Lipinski definition) is 6. The minimum Gasteiger partial charge on any atom is -0.455 e. The third-order valence-electron chi connectivity index (χ3n) is 5.10. The summed E-state index contributed by atoms with van der Waals surface area (Å²) in [6.07, 6.45) is 7.20. The molecular formula is C20H25N3O5. The van der Waals surface area contributed by atoms with Gasteiger partial charge in [0, 0.05) is 12.1 Å². The fraction of sp³-hybridized carbons (Fsp3) is 0.550. The quantitative estimate of drug-likeness (QED) is 0.409. The van der Waals surface area contributed by atoms with Gasteiger partial charge in [-0.05, 0) is 37.7 Å². The summed E-state index contributed by atoms with van der Waals surface area (Å²) in [5.74, 6) is -0.442. The van der Waals surface area contributed by atoms with Crippen LogP contribution in [0.25, 0.3) is 0 Å². The maximum Gasteiger partial charge on any atom is 0.309 e. The van der Waals surface area contributed by atoms with Gasteiger partial charge in [-0.3, -0.25) is 19.7 Å². The smallest absolute Gasteiger partial charge is 0.309 e. The van der Waals surface area contributed by atoms with Gasteiger partial charge < -0.3 is 10.1 Å². The lowest BCUT2D eigenvalue weighted by Crippen LogP contribution is -2.27. The summed E-state index contributed by atoms with van der Waals surface area (Å²) in [5.41, 5.74) is -0.125. The number of nitrogens with zero attached hydrogens (tertiary/aromatic N) is 2. The number of benzene rings is 1. The van der Waals surface area contributed by atoms with Crippen molar-refractivity contribution < 1.29 is 19.2 Å². The zero-order valence-corrected chi connectivity index (χ0v) is 16.0. The zero-order valence-electron chi connectivity index (χ0n) is 16.0. The van der Waals surface area contributed by atoms with Crippen molar-refractivity contribution in [2.45, 2.75) is 51.9 Å². The van der Waals surface area contributed by atoms with Gasteiger partial charge in [-0.25, -0.2) is 0 Å². The second kappa shape index (κ2) is 10.4. The number of esters is 1. The van der Waals surface area contributed by atoms with E-state index < -0.39 is 17.4 Å². The monoisotopic (exact) mass is 387 g/mol. The van der Waals surface area contributed by atoms with Gasteiger partial charge in [-0.2, -0.15) is 5.26 Å². The molecule has 0 aromatic heterocycles. The van der Waals surface area contributed by atoms with Gasteiger partial charge in [0.05, 0.1) is 22.1 Å². The van der Waals surface area contributed by atoms with Crippen LogP contribution >= 0.6 is 0 Å². The van der Waals surface area contributed by atoms with Crippen LogP contribution in [0.15, 0.2) is 18.2 Å². The highest BCUT2D eigenvalue weighted by Gasteiger charge is 2.27. The van der Waals surface area contributed by atoms with Crippen LogP contribution in [0.3, 0.4) is 0 Å². The Hall–Kier alpha value is -2.95. The fourth-order valence-electron chi connectivity index (χ4n) is 3.47. The number of nitrogens with one attached hydrogen (secondary N) is 1. The molecule has 0 bridgehead atoms. The van der Waals surface area contributed by atoms with Crippen molar-refractivity contribution in [2.24, 2.45) is 11.8 Å². The Kier molecular flexibility index (Phi) is 7.93. The molecule has 1 aromatic rings. The van der Waals surface area contributed by atoms with Crippen LogP contribution in [0.5, 0.6) is 0 Å². The second-order valence-corrected chi connectivity index (χ2v) is 7.11. The number of ether oxygens (including phenoxy) is 1. The summed E-state index contributed by atoms with van der Waals surface area (Å²) < 4.78 is 5.13. The van der Waals surface area contributed by atoms with Crippen molar-refractivity contribution in [3.63, 3.8) is 0 Å². The first-order chi connectivity index (χ1) is 13.4. The highest BCUT2D eigenvalue weighted by atomic mass is 16.6. The van der Waals surface area contributed by atoms with E-state index in [2.05, 4.69) is 12.2 Å². The topological polar surface area (TPSA) is 122 Å². The van der Waals surface area contributed by atoms with E-state index in [0.717, 1.165) is 31.7 Å². The highest BCUT2D eigenvalue weighted by molar-refractivity contribution is 5.94. The first kappa shape index (κ1) is 21.4. The summed E-state index contributed by atoms with van der Waals surface area (Å²) in [6, 6.07) is 5.37. The summed E-state index contributed by atoms with van der Waals surface area (Å²) in [4.78, 5) is 34.3.